The lowest BCUT2D eigenvalue weighted by Gasteiger charge is -2.28. The third-order valence-electron chi connectivity index (χ3n) is 7.96. The van der Waals surface area contributed by atoms with Crippen LogP contribution in [0.4, 0.5) is 11.4 Å². The Morgan fingerprint density at radius 3 is 2.18 bits per heavy atom. The van der Waals surface area contributed by atoms with Gasteiger partial charge in [-0.2, -0.15) is 0 Å². The summed E-state index contributed by atoms with van der Waals surface area (Å²) in [6, 6.07) is 26.1. The molecule has 1 saturated heterocycles. The Hall–Kier alpha value is -3.64. The maximum Gasteiger partial charge on any atom is 0.174 e. The predicted octanol–water partition coefficient (Wildman–Crippen LogP) is 7.64. The monoisotopic (exact) mass is 537 g/mol. The van der Waals surface area contributed by atoms with Crippen LogP contribution in [0.3, 0.4) is 0 Å². The Morgan fingerprint density at radius 1 is 0.923 bits per heavy atom. The number of benzene rings is 2. The largest absolute Gasteiger partial charge is 0.372 e. The van der Waals surface area contributed by atoms with E-state index in [4.69, 9.17) is 17.2 Å². The van der Waals surface area contributed by atoms with Gasteiger partial charge < -0.3 is 19.7 Å². The Labute approximate surface area is 238 Å². The highest BCUT2D eigenvalue weighted by molar-refractivity contribution is 7.80. The van der Waals surface area contributed by atoms with Crippen molar-refractivity contribution in [2.24, 2.45) is 0 Å². The van der Waals surface area contributed by atoms with E-state index in [2.05, 4.69) is 122 Å². The van der Waals surface area contributed by atoms with E-state index >= 15 is 0 Å². The normalized spacial score (nSPS) is 17.1. The smallest absolute Gasteiger partial charge is 0.174 e. The van der Waals surface area contributed by atoms with Crippen molar-refractivity contribution in [2.45, 2.75) is 59.5 Å². The van der Waals surface area contributed by atoms with E-state index in [9.17, 15) is 0 Å². The molecule has 6 heteroatoms. The zero-order chi connectivity index (χ0) is 27.7. The zero-order valence-corrected chi connectivity index (χ0v) is 24.7. The van der Waals surface area contributed by atoms with Gasteiger partial charge in [0, 0.05) is 47.7 Å². The van der Waals surface area contributed by atoms with Crippen LogP contribution in [0, 0.1) is 13.8 Å². The molecule has 0 aliphatic carbocycles. The zero-order valence-electron chi connectivity index (χ0n) is 23.8. The summed E-state index contributed by atoms with van der Waals surface area (Å²) in [5.74, 6) is 0.479. The summed E-state index contributed by atoms with van der Waals surface area (Å²) in [4.78, 5) is 9.38. The minimum Gasteiger partial charge on any atom is -0.372 e. The summed E-state index contributed by atoms with van der Waals surface area (Å²) in [6.45, 7) is 15.2. The van der Waals surface area contributed by atoms with Crippen molar-refractivity contribution in [3.05, 3.63) is 107 Å². The van der Waals surface area contributed by atoms with E-state index in [-0.39, 0.29) is 12.1 Å². The second kappa shape index (κ2) is 11.2. The number of pyridine rings is 1. The number of nitrogens with zero attached hydrogens (tertiary/aromatic N) is 4. The fourth-order valence-corrected chi connectivity index (χ4v) is 6.20. The molecule has 0 unspecified atom stereocenters. The van der Waals surface area contributed by atoms with E-state index in [1.54, 1.807) is 0 Å². The Balaban J connectivity index is 1.60. The van der Waals surface area contributed by atoms with Crippen LogP contribution in [0.5, 0.6) is 0 Å². The average Bonchev–Trinajstić information content (AvgIpc) is 3.45. The van der Waals surface area contributed by atoms with Crippen LogP contribution < -0.4 is 15.1 Å². The van der Waals surface area contributed by atoms with Gasteiger partial charge in [-0.15, -0.1) is 0 Å². The number of hydrogen-bond donors (Lipinski definition) is 1. The summed E-state index contributed by atoms with van der Waals surface area (Å²) in [6.07, 6.45) is 1.86. The standard InChI is InChI=1S/C33H39N5S/c1-7-36(8-2)26-16-18-27(19-17-26)37-23(5)21-29(24(37)6)32-31(30-11-9-10-20-34-30)35-33(39)38(32)28-14-12-25(13-15-28)22(3)4/h9-22,31-32H,7-8H2,1-6H3,(H,35,39)/t31-,32+/m0/s1. The van der Waals surface area contributed by atoms with Crippen LogP contribution in [0.15, 0.2) is 79.0 Å². The van der Waals surface area contributed by atoms with Gasteiger partial charge in [0.1, 0.15) is 0 Å². The lowest BCUT2D eigenvalue weighted by molar-refractivity contribution is 0.565. The highest BCUT2D eigenvalue weighted by atomic mass is 32.1. The van der Waals surface area contributed by atoms with Gasteiger partial charge in [0.25, 0.3) is 0 Å². The molecule has 39 heavy (non-hydrogen) atoms. The molecule has 1 aliphatic heterocycles. The molecule has 1 aliphatic rings. The van der Waals surface area contributed by atoms with Crippen LogP contribution in [0.1, 0.15) is 73.9 Å². The molecule has 0 bridgehead atoms. The molecule has 202 valence electrons. The molecule has 1 N–H and O–H groups in total. The molecule has 3 heterocycles. The van der Waals surface area contributed by atoms with Gasteiger partial charge in [-0.1, -0.05) is 32.0 Å². The SMILES string of the molecule is CCN(CC)c1ccc(-n2c(C)cc([C@@H]3[C@H](c4ccccn4)NC(=S)N3c3ccc(C(C)C)cc3)c2C)cc1. The number of nitrogens with one attached hydrogen (secondary N) is 1. The van der Waals surface area contributed by atoms with Gasteiger partial charge in [-0.05, 0) is 112 Å². The highest BCUT2D eigenvalue weighted by Gasteiger charge is 2.42. The van der Waals surface area contributed by atoms with E-state index in [1.165, 1.54) is 33.9 Å². The number of rotatable bonds is 8. The number of aromatic nitrogens is 2. The third kappa shape index (κ3) is 5.06. The van der Waals surface area contributed by atoms with E-state index in [1.807, 2.05) is 18.3 Å². The molecule has 2 atom stereocenters. The van der Waals surface area contributed by atoms with Gasteiger partial charge >= 0.3 is 0 Å². The molecule has 2 aromatic heterocycles. The molecule has 0 radical (unpaired) electrons. The number of aryl methyl sites for hydroxylation is 1. The molecule has 4 aromatic rings. The first-order valence-electron chi connectivity index (χ1n) is 14.0. The highest BCUT2D eigenvalue weighted by Crippen LogP contribution is 2.44. The van der Waals surface area contributed by atoms with Gasteiger partial charge in [-0.3, -0.25) is 4.98 Å². The fraction of sp³-hybridized carbons (Fsp3) is 0.333. The van der Waals surface area contributed by atoms with Gasteiger partial charge in [0.15, 0.2) is 5.11 Å². The quantitative estimate of drug-likeness (QED) is 0.234. The van der Waals surface area contributed by atoms with E-state index < -0.39 is 0 Å². The summed E-state index contributed by atoms with van der Waals surface area (Å²) in [7, 11) is 0. The molecule has 1 fully saturated rings. The summed E-state index contributed by atoms with van der Waals surface area (Å²) >= 11 is 5.97. The van der Waals surface area contributed by atoms with Crippen molar-refractivity contribution in [1.82, 2.24) is 14.9 Å². The lowest BCUT2D eigenvalue weighted by Crippen LogP contribution is -2.29. The van der Waals surface area contributed by atoms with Crippen molar-refractivity contribution in [2.75, 3.05) is 22.9 Å². The molecule has 0 spiro atoms. The average molecular weight is 538 g/mol. The van der Waals surface area contributed by atoms with Crippen molar-refractivity contribution in [3.63, 3.8) is 0 Å². The Kier molecular flexibility index (Phi) is 7.76. The van der Waals surface area contributed by atoms with Crippen LogP contribution in [0.2, 0.25) is 0 Å². The van der Waals surface area contributed by atoms with Crippen LogP contribution in [-0.4, -0.2) is 27.8 Å². The van der Waals surface area contributed by atoms with Crippen molar-refractivity contribution in [1.29, 1.82) is 0 Å². The molecule has 0 saturated carbocycles. The maximum atomic E-state index is 5.97. The second-order valence-corrected chi connectivity index (χ2v) is 11.0. The third-order valence-corrected chi connectivity index (χ3v) is 8.28. The Morgan fingerprint density at radius 2 is 1.59 bits per heavy atom. The van der Waals surface area contributed by atoms with E-state index in [0.29, 0.717) is 5.92 Å². The summed E-state index contributed by atoms with van der Waals surface area (Å²) < 4.78 is 2.36. The predicted molar refractivity (Wildman–Crippen MR) is 167 cm³/mol. The molecule has 5 nitrogen and oxygen atoms in total. The first-order chi connectivity index (χ1) is 18.8. The fourth-order valence-electron chi connectivity index (χ4n) is 5.85. The van der Waals surface area contributed by atoms with Gasteiger partial charge in [0.05, 0.1) is 17.8 Å². The van der Waals surface area contributed by atoms with Gasteiger partial charge in [-0.25, -0.2) is 0 Å². The number of hydrogen-bond acceptors (Lipinski definition) is 3. The van der Waals surface area contributed by atoms with E-state index in [0.717, 1.165) is 29.6 Å². The topological polar surface area (TPSA) is 36.3 Å². The molecule has 0 amide bonds. The first-order valence-corrected chi connectivity index (χ1v) is 14.4. The van der Waals surface area contributed by atoms with Gasteiger partial charge in [0.2, 0.25) is 0 Å². The first kappa shape index (κ1) is 26.9. The van der Waals surface area contributed by atoms with Crippen molar-refractivity contribution < 1.29 is 0 Å². The second-order valence-electron chi connectivity index (χ2n) is 10.6. The van der Waals surface area contributed by atoms with Crippen molar-refractivity contribution >= 4 is 28.7 Å². The van der Waals surface area contributed by atoms with Crippen LogP contribution in [0.25, 0.3) is 5.69 Å². The molecule has 5 rings (SSSR count). The minimum atomic E-state index is -0.0672. The maximum absolute atomic E-state index is 5.97. The lowest BCUT2D eigenvalue weighted by atomic mass is 9.96. The van der Waals surface area contributed by atoms with Crippen LogP contribution in [-0.2, 0) is 0 Å². The van der Waals surface area contributed by atoms with Crippen LogP contribution >= 0.6 is 12.2 Å². The van der Waals surface area contributed by atoms with Crippen molar-refractivity contribution in [3.8, 4) is 5.69 Å². The summed E-state index contributed by atoms with van der Waals surface area (Å²) in [5.41, 5.74) is 9.48. The number of anilines is 2. The minimum absolute atomic E-state index is 0.0350. The summed E-state index contributed by atoms with van der Waals surface area (Å²) in [5, 5.41) is 4.34. The molecule has 2 aromatic carbocycles. The molecular weight excluding hydrogens is 498 g/mol. The number of thiocarbonyl (C=S) groups is 1. The Bertz CT molecular complexity index is 1420. The molecular formula is C33H39N5S.